The first-order valence-corrected chi connectivity index (χ1v) is 8.81. The van der Waals surface area contributed by atoms with Crippen molar-refractivity contribution < 1.29 is 35.5 Å². The number of nitrogens with one attached hydrogen (secondary N) is 1. The van der Waals surface area contributed by atoms with Crippen molar-refractivity contribution in [2.45, 2.75) is 31.4 Å². The van der Waals surface area contributed by atoms with Gasteiger partial charge in [-0.25, -0.2) is 14.4 Å². The smallest absolute Gasteiger partial charge is 0.380 e. The van der Waals surface area contributed by atoms with Crippen molar-refractivity contribution in [2.24, 2.45) is 15.7 Å². The predicted octanol–water partition coefficient (Wildman–Crippen LogP) is 2.61. The van der Waals surface area contributed by atoms with Crippen molar-refractivity contribution >= 4 is 17.6 Å². The molecular weight excluding hydrogens is 451 g/mol. The number of carbonyl (C=O) groups is 1. The molecule has 0 aliphatic carbocycles. The molecule has 172 valence electrons. The summed E-state index contributed by atoms with van der Waals surface area (Å²) < 4.78 is 91.8. The van der Waals surface area contributed by atoms with Gasteiger partial charge in [0.15, 0.2) is 5.82 Å². The molecule has 0 spiro atoms. The van der Waals surface area contributed by atoms with Crippen molar-refractivity contribution in [3.05, 3.63) is 35.5 Å². The van der Waals surface area contributed by atoms with Crippen LogP contribution >= 0.6 is 0 Å². The Morgan fingerprint density at radius 1 is 1.25 bits per heavy atom. The van der Waals surface area contributed by atoms with Crippen molar-refractivity contribution in [3.63, 3.8) is 0 Å². The van der Waals surface area contributed by atoms with Crippen LogP contribution in [-0.4, -0.2) is 45.6 Å². The van der Waals surface area contributed by atoms with Gasteiger partial charge < -0.3 is 11.1 Å². The molecule has 0 aromatic carbocycles. The number of amides is 1. The highest BCUT2D eigenvalue weighted by Gasteiger charge is 2.36. The van der Waals surface area contributed by atoms with Gasteiger partial charge >= 0.3 is 12.4 Å². The van der Waals surface area contributed by atoms with Crippen LogP contribution in [0.2, 0.25) is 0 Å². The zero-order valence-corrected chi connectivity index (χ0v) is 16.1. The Balaban J connectivity index is 1.85. The van der Waals surface area contributed by atoms with Gasteiger partial charge in [0.1, 0.15) is 5.69 Å². The number of aliphatic imine (C=N–C) groups is 2. The molecule has 3 rings (SSSR count). The molecule has 0 saturated carbocycles. The largest absolute Gasteiger partial charge is 0.449 e. The lowest BCUT2D eigenvalue weighted by atomic mass is 10.1. The van der Waals surface area contributed by atoms with Gasteiger partial charge in [0.2, 0.25) is 11.7 Å². The lowest BCUT2D eigenvalue weighted by Crippen LogP contribution is -2.37. The summed E-state index contributed by atoms with van der Waals surface area (Å²) in [5.41, 5.74) is 3.22. The van der Waals surface area contributed by atoms with Crippen LogP contribution in [0.4, 0.5) is 30.7 Å². The maximum absolute atomic E-state index is 14.1. The third-order valence-electron chi connectivity index (χ3n) is 4.46. The van der Waals surface area contributed by atoms with Crippen LogP contribution in [0, 0.1) is 5.82 Å². The quantitative estimate of drug-likeness (QED) is 0.404. The fourth-order valence-electron chi connectivity index (χ4n) is 2.96. The standard InChI is InChI=1S/C17H14F7N7O/c1-26-13(29-15(25)17(22,23)24)14(32)28-9-2-3-31-11(9)5-10(30-31)7-4-12(16(19,20)21)27-6-8(7)18/h4-6,9H,2-3H2,1H3,(H,28,32)(H2,25,26,29). The number of nitrogens with two attached hydrogens (primary N) is 1. The van der Waals surface area contributed by atoms with Gasteiger partial charge in [-0.2, -0.15) is 31.4 Å². The molecule has 1 aliphatic rings. The minimum absolute atomic E-state index is 0.131. The van der Waals surface area contributed by atoms with E-state index in [0.717, 1.165) is 7.05 Å². The van der Waals surface area contributed by atoms with Gasteiger partial charge in [0.25, 0.3) is 5.91 Å². The minimum Gasteiger partial charge on any atom is -0.380 e. The van der Waals surface area contributed by atoms with Gasteiger partial charge in [-0.3, -0.25) is 14.5 Å². The molecule has 0 saturated heterocycles. The number of aromatic nitrogens is 3. The van der Waals surface area contributed by atoms with Crippen molar-refractivity contribution in [1.29, 1.82) is 0 Å². The molecule has 0 fully saturated rings. The number of hydrogen-bond donors (Lipinski definition) is 2. The van der Waals surface area contributed by atoms with E-state index < -0.39 is 53.0 Å². The summed E-state index contributed by atoms with van der Waals surface area (Å²) in [4.78, 5) is 21.7. The Kier molecular flexibility index (Phi) is 5.93. The number of aryl methyl sites for hydroxylation is 1. The van der Waals surface area contributed by atoms with Crippen LogP contribution in [0.5, 0.6) is 0 Å². The van der Waals surface area contributed by atoms with Gasteiger partial charge in [-0.15, -0.1) is 0 Å². The van der Waals surface area contributed by atoms with E-state index in [1.807, 2.05) is 0 Å². The summed E-state index contributed by atoms with van der Waals surface area (Å²) in [6, 6.07) is 0.999. The fraction of sp³-hybridized carbons (Fsp3) is 0.353. The molecule has 3 N–H and O–H groups in total. The molecule has 1 aliphatic heterocycles. The number of fused-ring (bicyclic) bond motifs is 1. The highest BCUT2D eigenvalue weighted by Crippen LogP contribution is 2.34. The number of nitrogens with zero attached hydrogens (tertiary/aromatic N) is 5. The number of hydrogen-bond acceptors (Lipinski definition) is 4. The maximum atomic E-state index is 14.1. The Morgan fingerprint density at radius 2 is 1.94 bits per heavy atom. The molecule has 2 aromatic heterocycles. The average Bonchev–Trinajstić information content (AvgIpc) is 3.26. The van der Waals surface area contributed by atoms with E-state index in [2.05, 4.69) is 25.4 Å². The monoisotopic (exact) mass is 465 g/mol. The molecule has 3 heterocycles. The van der Waals surface area contributed by atoms with E-state index in [-0.39, 0.29) is 18.7 Å². The second-order valence-electron chi connectivity index (χ2n) is 6.58. The number of alkyl halides is 6. The second kappa shape index (κ2) is 8.20. The molecule has 0 radical (unpaired) electrons. The summed E-state index contributed by atoms with van der Waals surface area (Å²) >= 11 is 0. The Morgan fingerprint density at radius 3 is 2.53 bits per heavy atom. The van der Waals surface area contributed by atoms with Crippen LogP contribution in [0.15, 0.2) is 28.3 Å². The number of halogens is 7. The van der Waals surface area contributed by atoms with E-state index in [9.17, 15) is 35.5 Å². The number of rotatable bonds is 2. The lowest BCUT2D eigenvalue weighted by molar-refractivity contribution is -0.141. The average molecular weight is 465 g/mol. The zero-order valence-electron chi connectivity index (χ0n) is 16.1. The third-order valence-corrected chi connectivity index (χ3v) is 4.46. The van der Waals surface area contributed by atoms with Gasteiger partial charge in [0, 0.05) is 19.2 Å². The summed E-state index contributed by atoms with van der Waals surface area (Å²) in [6.07, 6.45) is -9.05. The molecule has 8 nitrogen and oxygen atoms in total. The third kappa shape index (κ3) is 4.70. The Hall–Kier alpha value is -3.52. The predicted molar refractivity (Wildman–Crippen MR) is 97.0 cm³/mol. The van der Waals surface area contributed by atoms with Crippen LogP contribution in [0.3, 0.4) is 0 Å². The molecule has 1 amide bonds. The van der Waals surface area contributed by atoms with E-state index >= 15 is 0 Å². The molecule has 0 bridgehead atoms. The fourth-order valence-corrected chi connectivity index (χ4v) is 2.96. The van der Waals surface area contributed by atoms with E-state index in [1.165, 1.54) is 10.7 Å². The molecule has 1 unspecified atom stereocenters. The molecule has 32 heavy (non-hydrogen) atoms. The SMILES string of the molecule is CN=C(N=C(N)C(F)(F)F)C(=O)NC1CCn2nc(-c3cc(C(F)(F)F)ncc3F)cc21. The van der Waals surface area contributed by atoms with Gasteiger partial charge in [0.05, 0.1) is 23.6 Å². The summed E-state index contributed by atoms with van der Waals surface area (Å²) in [7, 11) is 1.05. The van der Waals surface area contributed by atoms with Crippen molar-refractivity contribution in [3.8, 4) is 11.3 Å². The van der Waals surface area contributed by atoms with Crippen LogP contribution < -0.4 is 11.1 Å². The number of pyridine rings is 1. The van der Waals surface area contributed by atoms with Crippen molar-refractivity contribution in [1.82, 2.24) is 20.1 Å². The molecular formula is C17H14F7N7O. The first-order chi connectivity index (χ1) is 14.8. The van der Waals surface area contributed by atoms with Crippen molar-refractivity contribution in [2.75, 3.05) is 7.05 Å². The van der Waals surface area contributed by atoms with Crippen LogP contribution in [0.1, 0.15) is 23.9 Å². The highest BCUT2D eigenvalue weighted by atomic mass is 19.4. The molecule has 1 atom stereocenters. The summed E-state index contributed by atoms with van der Waals surface area (Å²) in [6.45, 7) is 0.214. The van der Waals surface area contributed by atoms with Crippen LogP contribution in [-0.2, 0) is 17.5 Å². The number of carbonyl (C=O) groups excluding carboxylic acids is 1. The lowest BCUT2D eigenvalue weighted by Gasteiger charge is -2.12. The van der Waals surface area contributed by atoms with E-state index in [1.54, 1.807) is 0 Å². The molecule has 15 heteroatoms. The van der Waals surface area contributed by atoms with Gasteiger partial charge in [-0.05, 0) is 18.6 Å². The molecule has 2 aromatic rings. The summed E-state index contributed by atoms with van der Waals surface area (Å²) in [5, 5.41) is 6.46. The Bertz CT molecular complexity index is 1100. The van der Waals surface area contributed by atoms with Gasteiger partial charge in [-0.1, -0.05) is 0 Å². The van der Waals surface area contributed by atoms with E-state index in [0.29, 0.717) is 18.0 Å². The Labute approximate surface area is 175 Å². The normalized spacial score (nSPS) is 17.4. The first-order valence-electron chi connectivity index (χ1n) is 8.81. The summed E-state index contributed by atoms with van der Waals surface area (Å²) in [5.74, 6) is -4.68. The topological polar surface area (TPSA) is 111 Å². The van der Waals surface area contributed by atoms with Crippen LogP contribution in [0.25, 0.3) is 11.3 Å². The second-order valence-corrected chi connectivity index (χ2v) is 6.58. The highest BCUT2D eigenvalue weighted by molar-refractivity contribution is 6.40. The van der Waals surface area contributed by atoms with E-state index in [4.69, 9.17) is 5.73 Å². The maximum Gasteiger partial charge on any atom is 0.449 e. The zero-order chi connectivity index (χ0) is 23.8. The number of amidine groups is 2. The minimum atomic E-state index is -4.96. The first kappa shape index (κ1) is 23.1.